The predicted molar refractivity (Wildman–Crippen MR) is 43.3 cm³/mol. The first kappa shape index (κ1) is 5.82. The number of hydrogen-bond donors (Lipinski definition) is 0. The fourth-order valence-electron chi connectivity index (χ4n) is 0.982. The van der Waals surface area contributed by atoms with Crippen LogP contribution in [0.3, 0.4) is 0 Å². The summed E-state index contributed by atoms with van der Waals surface area (Å²) < 4.78 is 0. The van der Waals surface area contributed by atoms with E-state index in [0.29, 0.717) is 0 Å². The highest BCUT2D eigenvalue weighted by atomic mass is 31.1. The first-order chi connectivity index (χ1) is 4.86. The summed E-state index contributed by atoms with van der Waals surface area (Å²) in [5.41, 5.74) is 1.08. The summed E-state index contributed by atoms with van der Waals surface area (Å²) in [6, 6.07) is 0. The molecular weight excluding hydrogens is 143 g/mol. The molecule has 10 heavy (non-hydrogen) atoms. The topological polar surface area (TPSA) is 17.1 Å². The number of ketones is 1. The lowest BCUT2D eigenvalue weighted by Crippen LogP contribution is -2.01. The van der Waals surface area contributed by atoms with Gasteiger partial charge in [0.15, 0.2) is 5.78 Å². The molecule has 1 nitrogen and oxygen atoms in total. The Morgan fingerprint density at radius 3 is 3.00 bits per heavy atom. The summed E-state index contributed by atoms with van der Waals surface area (Å²) in [6.07, 6.45) is 7.15. The van der Waals surface area contributed by atoms with Crippen LogP contribution in [0.4, 0.5) is 0 Å². The minimum absolute atomic E-state index is 0.0977. The van der Waals surface area contributed by atoms with E-state index >= 15 is 0 Å². The lowest BCUT2D eigenvalue weighted by Gasteiger charge is -2.00. The molecule has 0 saturated carbocycles. The Hall–Kier alpha value is -0.940. The van der Waals surface area contributed by atoms with Crippen LogP contribution in [0.2, 0.25) is 0 Å². The third kappa shape index (κ3) is 0.795. The number of allylic oxidation sites excluding steroid dienone is 5. The maximum Gasteiger partial charge on any atom is 0.179 e. The van der Waals surface area contributed by atoms with Crippen molar-refractivity contribution < 1.29 is 4.79 Å². The van der Waals surface area contributed by atoms with Gasteiger partial charge in [0.2, 0.25) is 0 Å². The Morgan fingerprint density at radius 1 is 1.20 bits per heavy atom. The highest BCUT2D eigenvalue weighted by Gasteiger charge is 2.09. The molecule has 0 saturated heterocycles. The molecule has 0 radical (unpaired) electrons. The molecule has 0 unspecified atom stereocenters. The first-order valence-electron chi connectivity index (χ1n) is 3.05. The molecule has 0 bridgehead atoms. The highest BCUT2D eigenvalue weighted by molar-refractivity contribution is 7.46. The third-order valence-corrected chi connectivity index (χ3v) is 2.45. The van der Waals surface area contributed by atoms with E-state index < -0.39 is 0 Å². The van der Waals surface area contributed by atoms with Crippen molar-refractivity contribution >= 4 is 19.3 Å². The first-order valence-corrected chi connectivity index (χ1v) is 4.01. The van der Waals surface area contributed by atoms with Gasteiger partial charge in [0.1, 0.15) is 0 Å². The molecule has 1 aliphatic carbocycles. The van der Waals surface area contributed by atoms with Crippen LogP contribution < -0.4 is 0 Å². The zero-order valence-electron chi connectivity index (χ0n) is 5.24. The Bertz CT molecular complexity index is 305. The predicted octanol–water partition coefficient (Wildman–Crippen LogP) is 1.70. The second-order valence-electron chi connectivity index (χ2n) is 2.17. The van der Waals surface area contributed by atoms with E-state index in [1.165, 1.54) is 13.5 Å². The maximum atomic E-state index is 10.8. The molecule has 0 spiro atoms. The summed E-state index contributed by atoms with van der Waals surface area (Å²) in [5.74, 6) is 2.14. The van der Waals surface area contributed by atoms with Crippen molar-refractivity contribution in [1.29, 1.82) is 0 Å². The molecule has 1 heterocycles. The fraction of sp³-hybridized carbons (Fsp3) is 0. The fourth-order valence-corrected chi connectivity index (χ4v) is 1.83. The van der Waals surface area contributed by atoms with Crippen LogP contribution in [0.5, 0.6) is 0 Å². The van der Waals surface area contributed by atoms with Gasteiger partial charge in [-0.15, -0.1) is 0 Å². The van der Waals surface area contributed by atoms with Gasteiger partial charge in [0.05, 0.1) is 0 Å². The van der Waals surface area contributed by atoms with Crippen molar-refractivity contribution in [2.75, 3.05) is 0 Å². The molecule has 0 amide bonds. The van der Waals surface area contributed by atoms with E-state index in [9.17, 15) is 4.79 Å². The van der Waals surface area contributed by atoms with Crippen molar-refractivity contribution in [1.82, 2.24) is 0 Å². The van der Waals surface area contributed by atoms with Crippen LogP contribution in [0, 0.1) is 0 Å². The summed E-state index contributed by atoms with van der Waals surface area (Å²) in [7, 11) is 1.21. The lowest BCUT2D eigenvalue weighted by atomic mass is 10.1. The molecule has 0 N–H and O–H groups in total. The quantitative estimate of drug-likeness (QED) is 0.478. The van der Waals surface area contributed by atoms with Gasteiger partial charge in [-0.25, -0.2) is 0 Å². The smallest absolute Gasteiger partial charge is 0.179 e. The van der Waals surface area contributed by atoms with Gasteiger partial charge in [0, 0.05) is 5.29 Å². The highest BCUT2D eigenvalue weighted by Crippen LogP contribution is 2.22. The second kappa shape index (κ2) is 2.03. The van der Waals surface area contributed by atoms with Crippen molar-refractivity contribution in [3.05, 3.63) is 35.7 Å². The minimum Gasteiger partial charge on any atom is -0.290 e. The van der Waals surface area contributed by atoms with Crippen LogP contribution in [-0.2, 0) is 4.79 Å². The Labute approximate surface area is 60.5 Å². The number of rotatable bonds is 0. The maximum absolute atomic E-state index is 10.8. The average molecular weight is 148 g/mol. The van der Waals surface area contributed by atoms with Crippen molar-refractivity contribution in [3.8, 4) is 0 Å². The average Bonchev–Trinajstić information content (AvgIpc) is 2.33. The summed E-state index contributed by atoms with van der Waals surface area (Å²) in [4.78, 5) is 10.8. The number of carbonyl (C=O) groups is 1. The van der Waals surface area contributed by atoms with Crippen molar-refractivity contribution in [3.63, 3.8) is 0 Å². The molecule has 0 aromatic heterocycles. The van der Waals surface area contributed by atoms with Gasteiger partial charge in [-0.05, 0) is 35.7 Å². The van der Waals surface area contributed by atoms with Crippen LogP contribution in [0.25, 0.3) is 0 Å². The summed E-state index contributed by atoms with van der Waals surface area (Å²) in [6.45, 7) is 0. The van der Waals surface area contributed by atoms with Gasteiger partial charge in [-0.3, -0.25) is 4.79 Å². The minimum atomic E-state index is 0.0977. The SMILES string of the molecule is O=C1C=CC2=PC=CC2=C1. The monoisotopic (exact) mass is 148 g/mol. The van der Waals surface area contributed by atoms with E-state index in [4.69, 9.17) is 0 Å². The number of hydrogen-bond acceptors (Lipinski definition) is 1. The number of carbonyl (C=O) groups excluding carboxylic acids is 1. The van der Waals surface area contributed by atoms with E-state index in [2.05, 4.69) is 0 Å². The second-order valence-corrected chi connectivity index (χ2v) is 3.20. The standard InChI is InChI=1S/C8H5OP/c9-7-1-2-8-6(5-7)3-4-10-8/h1-5H. The third-order valence-electron chi connectivity index (χ3n) is 1.47. The zero-order chi connectivity index (χ0) is 6.97. The van der Waals surface area contributed by atoms with Crippen molar-refractivity contribution in [2.45, 2.75) is 0 Å². The zero-order valence-corrected chi connectivity index (χ0v) is 6.14. The molecular formula is C8H5OP. The molecule has 0 aromatic rings. The molecule has 1 aliphatic heterocycles. The molecule has 0 atom stereocenters. The van der Waals surface area contributed by atoms with Gasteiger partial charge in [0.25, 0.3) is 0 Å². The molecule has 2 aliphatic rings. The Balaban J connectivity index is 2.51. The van der Waals surface area contributed by atoms with E-state index in [1.807, 2.05) is 18.0 Å². The normalized spacial score (nSPS) is 22.2. The van der Waals surface area contributed by atoms with E-state index in [0.717, 1.165) is 5.57 Å². The molecule has 2 heteroatoms. The molecule has 2 rings (SSSR count). The van der Waals surface area contributed by atoms with Gasteiger partial charge in [-0.1, -0.05) is 8.20 Å². The van der Waals surface area contributed by atoms with Crippen LogP contribution in [0.15, 0.2) is 35.7 Å². The van der Waals surface area contributed by atoms with E-state index in [1.54, 1.807) is 12.2 Å². The number of fused-ring (bicyclic) bond motifs is 1. The Morgan fingerprint density at radius 2 is 2.10 bits per heavy atom. The molecule has 48 valence electrons. The van der Waals surface area contributed by atoms with Crippen LogP contribution in [-0.4, -0.2) is 11.1 Å². The van der Waals surface area contributed by atoms with Gasteiger partial charge >= 0.3 is 0 Å². The Kier molecular flexibility index (Phi) is 1.18. The molecule has 0 aromatic carbocycles. The van der Waals surface area contributed by atoms with Crippen LogP contribution >= 0.6 is 8.20 Å². The van der Waals surface area contributed by atoms with E-state index in [-0.39, 0.29) is 5.78 Å². The lowest BCUT2D eigenvalue weighted by molar-refractivity contribution is -0.110. The summed E-state index contributed by atoms with van der Waals surface area (Å²) in [5, 5.41) is 1.24. The molecule has 0 fully saturated rings. The van der Waals surface area contributed by atoms with Gasteiger partial charge < -0.3 is 0 Å². The van der Waals surface area contributed by atoms with Crippen molar-refractivity contribution in [2.24, 2.45) is 0 Å². The largest absolute Gasteiger partial charge is 0.290 e. The van der Waals surface area contributed by atoms with Crippen LogP contribution in [0.1, 0.15) is 0 Å². The summed E-state index contributed by atoms with van der Waals surface area (Å²) >= 11 is 0. The van der Waals surface area contributed by atoms with Gasteiger partial charge in [-0.2, -0.15) is 0 Å².